The second kappa shape index (κ2) is 7.81. The molecule has 4 aliphatic rings. The quantitative estimate of drug-likeness (QED) is 0.651. The van der Waals surface area contributed by atoms with Crippen LogP contribution in [0.1, 0.15) is 83.6 Å². The molecule has 4 nitrogen and oxygen atoms in total. The Labute approximate surface area is 181 Å². The molecule has 4 saturated carbocycles. The molecule has 1 aromatic heterocycles. The van der Waals surface area contributed by atoms with E-state index in [2.05, 4.69) is 25.0 Å². The van der Waals surface area contributed by atoms with E-state index in [4.69, 9.17) is 5.26 Å². The van der Waals surface area contributed by atoms with Crippen molar-refractivity contribution >= 4 is 5.78 Å². The van der Waals surface area contributed by atoms with Gasteiger partial charge >= 0.3 is 0 Å². The number of nitriles is 1. The second-order valence-electron chi connectivity index (χ2n) is 11.5. The Morgan fingerprint density at radius 1 is 1.17 bits per heavy atom. The van der Waals surface area contributed by atoms with Gasteiger partial charge in [0, 0.05) is 12.6 Å². The first-order valence-electron chi connectivity index (χ1n) is 12.4. The molecule has 0 spiro atoms. The van der Waals surface area contributed by atoms with Crippen molar-refractivity contribution in [1.29, 1.82) is 5.26 Å². The van der Waals surface area contributed by atoms with Crippen molar-refractivity contribution in [3.8, 4) is 6.07 Å². The Morgan fingerprint density at radius 2 is 2.00 bits per heavy atom. The van der Waals surface area contributed by atoms with E-state index in [9.17, 15) is 4.79 Å². The van der Waals surface area contributed by atoms with Crippen LogP contribution in [0.3, 0.4) is 0 Å². The Bertz CT molecular complexity index is 838. The predicted octanol–water partition coefficient (Wildman–Crippen LogP) is 5.62. The summed E-state index contributed by atoms with van der Waals surface area (Å²) in [5.41, 5.74) is 0.884. The summed E-state index contributed by atoms with van der Waals surface area (Å²) in [6, 6.07) is 2.09. The Hall–Kier alpha value is -1.63. The van der Waals surface area contributed by atoms with E-state index in [0.29, 0.717) is 29.9 Å². The van der Waals surface area contributed by atoms with Crippen LogP contribution in [0, 0.1) is 58.2 Å². The number of carbonyl (C=O) groups excluding carboxylic acids is 1. The van der Waals surface area contributed by atoms with Gasteiger partial charge in [0.15, 0.2) is 5.78 Å². The molecular formula is C26H37N3O. The van der Waals surface area contributed by atoms with E-state index in [1.807, 2.05) is 0 Å². The third-order valence-corrected chi connectivity index (χ3v) is 9.99. The minimum atomic E-state index is 0.279. The van der Waals surface area contributed by atoms with Gasteiger partial charge in [-0.05, 0) is 98.2 Å². The highest BCUT2D eigenvalue weighted by Gasteiger charge is 2.56. The minimum Gasteiger partial charge on any atom is -0.298 e. The lowest BCUT2D eigenvalue weighted by Gasteiger charge is -2.56. The van der Waals surface area contributed by atoms with Crippen LogP contribution in [0.4, 0.5) is 0 Å². The summed E-state index contributed by atoms with van der Waals surface area (Å²) >= 11 is 0. The average molecular weight is 408 g/mol. The molecule has 30 heavy (non-hydrogen) atoms. The van der Waals surface area contributed by atoms with Crippen LogP contribution in [-0.2, 0) is 11.3 Å². The number of carbonyl (C=O) groups is 1. The van der Waals surface area contributed by atoms with E-state index in [0.717, 1.165) is 35.5 Å². The van der Waals surface area contributed by atoms with Crippen molar-refractivity contribution in [2.75, 3.05) is 0 Å². The SMILES string of the molecule is CC1CCC2C(CCC3C2CCC2(C)C(CC(=O)Cn4cc(C#N)cn4)CCC32)C1. The van der Waals surface area contributed by atoms with Gasteiger partial charge < -0.3 is 0 Å². The summed E-state index contributed by atoms with van der Waals surface area (Å²) in [5.74, 6) is 6.49. The van der Waals surface area contributed by atoms with E-state index in [1.54, 1.807) is 17.1 Å². The van der Waals surface area contributed by atoms with Crippen molar-refractivity contribution in [3.63, 3.8) is 0 Å². The molecule has 0 N–H and O–H groups in total. The van der Waals surface area contributed by atoms with Crippen molar-refractivity contribution in [3.05, 3.63) is 18.0 Å². The number of Topliss-reactive ketones (excluding diaryl/α,β-unsaturated/α-hetero) is 1. The number of hydrogen-bond acceptors (Lipinski definition) is 3. The molecule has 8 unspecified atom stereocenters. The highest BCUT2D eigenvalue weighted by molar-refractivity contribution is 5.78. The third kappa shape index (κ3) is 3.43. The van der Waals surface area contributed by atoms with Gasteiger partial charge in [-0.15, -0.1) is 0 Å². The lowest BCUT2D eigenvalue weighted by molar-refractivity contribution is -0.123. The van der Waals surface area contributed by atoms with Crippen LogP contribution in [0.5, 0.6) is 0 Å². The number of ketones is 1. The molecule has 0 amide bonds. The molecule has 0 bridgehead atoms. The van der Waals surface area contributed by atoms with E-state index < -0.39 is 0 Å². The maximum absolute atomic E-state index is 12.8. The first kappa shape index (κ1) is 20.3. The van der Waals surface area contributed by atoms with E-state index >= 15 is 0 Å². The molecule has 4 heteroatoms. The van der Waals surface area contributed by atoms with Crippen LogP contribution < -0.4 is 0 Å². The summed E-state index contributed by atoms with van der Waals surface area (Å²) in [6.45, 7) is 5.30. The smallest absolute Gasteiger partial charge is 0.154 e. The maximum Gasteiger partial charge on any atom is 0.154 e. The fourth-order valence-corrected chi connectivity index (χ4v) is 8.56. The van der Waals surface area contributed by atoms with E-state index in [-0.39, 0.29) is 5.78 Å². The molecule has 8 atom stereocenters. The average Bonchev–Trinajstić information content (AvgIpc) is 3.31. The number of aromatic nitrogens is 2. The zero-order chi connectivity index (χ0) is 20.9. The predicted molar refractivity (Wildman–Crippen MR) is 116 cm³/mol. The van der Waals surface area contributed by atoms with Crippen LogP contribution in [-0.4, -0.2) is 15.6 Å². The Morgan fingerprint density at radius 3 is 2.80 bits per heavy atom. The summed E-state index contributed by atoms with van der Waals surface area (Å²) in [7, 11) is 0. The monoisotopic (exact) mass is 407 g/mol. The topological polar surface area (TPSA) is 58.7 Å². The van der Waals surface area contributed by atoms with Crippen molar-refractivity contribution < 1.29 is 4.79 Å². The maximum atomic E-state index is 12.8. The molecule has 5 rings (SSSR count). The highest BCUT2D eigenvalue weighted by atomic mass is 16.1. The summed E-state index contributed by atoms with van der Waals surface area (Å²) in [4.78, 5) is 12.8. The minimum absolute atomic E-state index is 0.279. The van der Waals surface area contributed by atoms with Crippen LogP contribution in [0.2, 0.25) is 0 Å². The Kier molecular flexibility index (Phi) is 5.28. The zero-order valence-corrected chi connectivity index (χ0v) is 18.7. The highest BCUT2D eigenvalue weighted by Crippen LogP contribution is 2.64. The lowest BCUT2D eigenvalue weighted by Crippen LogP contribution is -2.48. The fourth-order valence-electron chi connectivity index (χ4n) is 8.56. The molecule has 0 aromatic carbocycles. The third-order valence-electron chi connectivity index (χ3n) is 9.99. The standard InChI is InChI=1S/C26H37N3O/c1-17-3-6-22-19(11-17)4-7-24-23(22)9-10-26(2)20(5-8-25(24)26)12-21(30)16-29-15-18(13-27)14-28-29/h14-15,17,19-20,22-25H,3-12,16H2,1-2H3. The normalized spacial score (nSPS) is 42.6. The van der Waals surface area contributed by atoms with Crippen molar-refractivity contribution in [2.45, 2.75) is 84.6 Å². The molecular weight excluding hydrogens is 370 g/mol. The van der Waals surface area contributed by atoms with Gasteiger partial charge in [0.05, 0.1) is 18.3 Å². The van der Waals surface area contributed by atoms with Gasteiger partial charge in [0.1, 0.15) is 6.07 Å². The molecule has 1 aromatic rings. The largest absolute Gasteiger partial charge is 0.298 e. The van der Waals surface area contributed by atoms with E-state index in [1.165, 1.54) is 57.8 Å². The van der Waals surface area contributed by atoms with Crippen LogP contribution >= 0.6 is 0 Å². The molecule has 162 valence electrons. The first-order chi connectivity index (χ1) is 14.5. The second-order valence-corrected chi connectivity index (χ2v) is 11.5. The molecule has 4 fully saturated rings. The molecule has 4 aliphatic carbocycles. The molecule has 1 heterocycles. The van der Waals surface area contributed by atoms with Gasteiger partial charge in [0.25, 0.3) is 0 Å². The first-order valence-corrected chi connectivity index (χ1v) is 12.4. The Balaban J connectivity index is 1.25. The van der Waals surface area contributed by atoms with Gasteiger partial charge in [-0.2, -0.15) is 10.4 Å². The molecule has 0 aliphatic heterocycles. The lowest BCUT2D eigenvalue weighted by atomic mass is 9.49. The van der Waals surface area contributed by atoms with Gasteiger partial charge in [0.2, 0.25) is 0 Å². The van der Waals surface area contributed by atoms with Crippen LogP contribution in [0.25, 0.3) is 0 Å². The number of hydrogen-bond donors (Lipinski definition) is 0. The number of rotatable bonds is 4. The summed E-state index contributed by atoms with van der Waals surface area (Å²) in [5, 5.41) is 13.1. The van der Waals surface area contributed by atoms with Crippen LogP contribution in [0.15, 0.2) is 12.4 Å². The summed E-state index contributed by atoms with van der Waals surface area (Å²) < 4.78 is 1.64. The number of nitrogens with zero attached hydrogens (tertiary/aromatic N) is 3. The van der Waals surface area contributed by atoms with Crippen molar-refractivity contribution in [1.82, 2.24) is 9.78 Å². The van der Waals surface area contributed by atoms with Crippen molar-refractivity contribution in [2.24, 2.45) is 46.8 Å². The van der Waals surface area contributed by atoms with Gasteiger partial charge in [-0.1, -0.05) is 20.3 Å². The van der Waals surface area contributed by atoms with Gasteiger partial charge in [-0.3, -0.25) is 9.48 Å². The zero-order valence-electron chi connectivity index (χ0n) is 18.7. The molecule has 0 radical (unpaired) electrons. The molecule has 0 saturated heterocycles. The fraction of sp³-hybridized carbons (Fsp3) is 0.808. The summed E-state index contributed by atoms with van der Waals surface area (Å²) in [6.07, 6.45) is 16.5. The number of fused-ring (bicyclic) bond motifs is 5. The van der Waals surface area contributed by atoms with Gasteiger partial charge in [-0.25, -0.2) is 0 Å².